The molecule has 1 rings (SSSR count). The van der Waals surface area contributed by atoms with Gasteiger partial charge in [-0.05, 0) is 23.1 Å². The molecule has 0 bridgehead atoms. The number of benzene rings is 1. The monoisotopic (exact) mass is 220 g/mol. The van der Waals surface area contributed by atoms with E-state index in [2.05, 4.69) is 31.7 Å². The lowest BCUT2D eigenvalue weighted by molar-refractivity contribution is -0.182. The summed E-state index contributed by atoms with van der Waals surface area (Å²) in [7, 11) is 0. The lowest BCUT2D eigenvalue weighted by Gasteiger charge is -2.10. The maximum absolute atomic E-state index is 11.0. The molecule has 0 radical (unpaired) electrons. The molecule has 0 spiro atoms. The Morgan fingerprint density at radius 1 is 1.25 bits per heavy atom. The van der Waals surface area contributed by atoms with Gasteiger partial charge in [0.1, 0.15) is 0 Å². The standard InChI is InChI=1S/C13H16O3/c1-13(2,3)9-8-10-4-6-11(7-5-10)12(14)16-15/h4-9,15H,1-3H3. The molecule has 0 heterocycles. The normalized spacial score (nSPS) is 11.8. The molecule has 1 N–H and O–H groups in total. The van der Waals surface area contributed by atoms with E-state index in [1.807, 2.05) is 6.08 Å². The van der Waals surface area contributed by atoms with Gasteiger partial charge in [0.25, 0.3) is 0 Å². The second kappa shape index (κ2) is 4.94. The van der Waals surface area contributed by atoms with Crippen molar-refractivity contribution in [2.75, 3.05) is 0 Å². The fraction of sp³-hybridized carbons (Fsp3) is 0.308. The minimum atomic E-state index is -0.744. The fourth-order valence-corrected chi connectivity index (χ4v) is 1.13. The van der Waals surface area contributed by atoms with Gasteiger partial charge in [-0.1, -0.05) is 45.1 Å². The first-order chi connectivity index (χ1) is 7.42. The number of hydrogen-bond donors (Lipinski definition) is 1. The maximum atomic E-state index is 11.0. The Morgan fingerprint density at radius 3 is 2.25 bits per heavy atom. The number of rotatable bonds is 2. The maximum Gasteiger partial charge on any atom is 0.372 e. The molecule has 16 heavy (non-hydrogen) atoms. The summed E-state index contributed by atoms with van der Waals surface area (Å²) in [4.78, 5) is 14.6. The zero-order valence-electron chi connectivity index (χ0n) is 9.73. The molecule has 0 fully saturated rings. The zero-order valence-corrected chi connectivity index (χ0v) is 9.73. The Kier molecular flexibility index (Phi) is 3.85. The average Bonchev–Trinajstić information content (AvgIpc) is 2.25. The summed E-state index contributed by atoms with van der Waals surface area (Å²) in [5.74, 6) is -0.744. The van der Waals surface area contributed by atoms with Crippen LogP contribution in [0.25, 0.3) is 6.08 Å². The van der Waals surface area contributed by atoms with E-state index in [9.17, 15) is 4.79 Å². The van der Waals surface area contributed by atoms with E-state index in [-0.39, 0.29) is 5.41 Å². The summed E-state index contributed by atoms with van der Waals surface area (Å²) in [6.07, 6.45) is 4.08. The van der Waals surface area contributed by atoms with Gasteiger partial charge >= 0.3 is 5.97 Å². The van der Waals surface area contributed by atoms with Gasteiger partial charge in [0, 0.05) is 0 Å². The smallest absolute Gasteiger partial charge is 0.296 e. The van der Waals surface area contributed by atoms with Crippen LogP contribution in [-0.4, -0.2) is 11.2 Å². The Labute approximate surface area is 95.3 Å². The highest BCUT2D eigenvalue weighted by atomic mass is 17.1. The summed E-state index contributed by atoms with van der Waals surface area (Å²) in [6, 6.07) is 6.82. The molecule has 0 saturated carbocycles. The van der Waals surface area contributed by atoms with Gasteiger partial charge in [-0.25, -0.2) is 4.79 Å². The number of carbonyl (C=O) groups excluding carboxylic acids is 1. The number of allylic oxidation sites excluding steroid dienone is 1. The largest absolute Gasteiger partial charge is 0.372 e. The predicted octanol–water partition coefficient (Wildman–Crippen LogP) is 3.38. The van der Waals surface area contributed by atoms with E-state index in [1.54, 1.807) is 24.3 Å². The van der Waals surface area contributed by atoms with E-state index in [0.717, 1.165) is 5.56 Å². The summed E-state index contributed by atoms with van der Waals surface area (Å²) >= 11 is 0. The quantitative estimate of drug-likeness (QED) is 0.614. The van der Waals surface area contributed by atoms with Gasteiger partial charge in [-0.3, -0.25) is 4.89 Å². The van der Waals surface area contributed by atoms with Crippen molar-refractivity contribution in [3.05, 3.63) is 41.5 Å². The van der Waals surface area contributed by atoms with E-state index in [0.29, 0.717) is 5.56 Å². The highest BCUT2D eigenvalue weighted by Crippen LogP contribution is 2.17. The minimum Gasteiger partial charge on any atom is -0.296 e. The van der Waals surface area contributed by atoms with Crippen molar-refractivity contribution < 1.29 is 14.9 Å². The van der Waals surface area contributed by atoms with Gasteiger partial charge in [-0.2, -0.15) is 5.26 Å². The Hall–Kier alpha value is -1.61. The molecule has 1 aromatic carbocycles. The second-order valence-corrected chi connectivity index (χ2v) is 4.70. The third-order valence-corrected chi connectivity index (χ3v) is 2.01. The molecule has 0 aliphatic carbocycles. The first kappa shape index (κ1) is 12.5. The van der Waals surface area contributed by atoms with Crippen molar-refractivity contribution in [1.29, 1.82) is 0 Å². The van der Waals surface area contributed by atoms with E-state index < -0.39 is 5.97 Å². The molecule has 0 saturated heterocycles. The predicted molar refractivity (Wildman–Crippen MR) is 63.0 cm³/mol. The first-order valence-corrected chi connectivity index (χ1v) is 5.07. The lowest BCUT2D eigenvalue weighted by atomic mass is 9.95. The van der Waals surface area contributed by atoms with Gasteiger partial charge in [0.05, 0.1) is 5.56 Å². The van der Waals surface area contributed by atoms with Gasteiger partial charge in [0.15, 0.2) is 0 Å². The van der Waals surface area contributed by atoms with Crippen molar-refractivity contribution in [1.82, 2.24) is 0 Å². The Bertz CT molecular complexity index is 383. The molecule has 3 heteroatoms. The Balaban J connectivity index is 2.80. The fourth-order valence-electron chi connectivity index (χ4n) is 1.13. The van der Waals surface area contributed by atoms with Crippen molar-refractivity contribution in [3.8, 4) is 0 Å². The molecule has 0 amide bonds. The highest BCUT2D eigenvalue weighted by molar-refractivity contribution is 5.89. The molecule has 0 aliphatic rings. The van der Waals surface area contributed by atoms with Crippen molar-refractivity contribution in [2.24, 2.45) is 5.41 Å². The first-order valence-electron chi connectivity index (χ1n) is 5.07. The minimum absolute atomic E-state index is 0.128. The van der Waals surface area contributed by atoms with Crippen LogP contribution in [0.5, 0.6) is 0 Å². The van der Waals surface area contributed by atoms with Crippen LogP contribution in [0, 0.1) is 5.41 Å². The van der Waals surface area contributed by atoms with E-state index in [4.69, 9.17) is 5.26 Å². The van der Waals surface area contributed by atoms with Crippen LogP contribution < -0.4 is 0 Å². The summed E-state index contributed by atoms with van der Waals surface area (Å²) in [5, 5.41) is 8.20. The van der Waals surface area contributed by atoms with Gasteiger partial charge < -0.3 is 0 Å². The van der Waals surface area contributed by atoms with Gasteiger partial charge in [0.2, 0.25) is 0 Å². The van der Waals surface area contributed by atoms with Crippen molar-refractivity contribution >= 4 is 12.0 Å². The molecule has 0 atom stereocenters. The Morgan fingerprint density at radius 2 is 1.81 bits per heavy atom. The molecule has 3 nitrogen and oxygen atoms in total. The van der Waals surface area contributed by atoms with E-state index in [1.165, 1.54) is 0 Å². The van der Waals surface area contributed by atoms with Crippen LogP contribution in [0.15, 0.2) is 30.3 Å². The van der Waals surface area contributed by atoms with Crippen LogP contribution in [0.3, 0.4) is 0 Å². The second-order valence-electron chi connectivity index (χ2n) is 4.70. The van der Waals surface area contributed by atoms with Crippen LogP contribution in [0.4, 0.5) is 0 Å². The molecule has 0 unspecified atom stereocenters. The molecule has 0 aliphatic heterocycles. The lowest BCUT2D eigenvalue weighted by Crippen LogP contribution is -2.01. The highest BCUT2D eigenvalue weighted by Gasteiger charge is 2.06. The summed E-state index contributed by atoms with van der Waals surface area (Å²) < 4.78 is 0. The van der Waals surface area contributed by atoms with E-state index >= 15 is 0 Å². The van der Waals surface area contributed by atoms with Crippen LogP contribution >= 0.6 is 0 Å². The summed E-state index contributed by atoms with van der Waals surface area (Å²) in [5.41, 5.74) is 1.46. The zero-order chi connectivity index (χ0) is 12.2. The summed E-state index contributed by atoms with van der Waals surface area (Å²) in [6.45, 7) is 6.34. The number of hydrogen-bond acceptors (Lipinski definition) is 3. The molecule has 86 valence electrons. The molecule has 0 aromatic heterocycles. The third-order valence-electron chi connectivity index (χ3n) is 2.01. The van der Waals surface area contributed by atoms with Crippen LogP contribution in [0.1, 0.15) is 36.7 Å². The topological polar surface area (TPSA) is 46.5 Å². The average molecular weight is 220 g/mol. The van der Waals surface area contributed by atoms with Gasteiger partial charge in [-0.15, -0.1) is 0 Å². The van der Waals surface area contributed by atoms with Crippen LogP contribution in [0.2, 0.25) is 0 Å². The number of carbonyl (C=O) groups is 1. The third kappa shape index (κ3) is 3.87. The van der Waals surface area contributed by atoms with Crippen LogP contribution in [-0.2, 0) is 4.89 Å². The SMILES string of the molecule is CC(C)(C)C=Cc1ccc(C(=O)OO)cc1. The molecular weight excluding hydrogens is 204 g/mol. The van der Waals surface area contributed by atoms with Crippen molar-refractivity contribution in [3.63, 3.8) is 0 Å². The molecule has 1 aromatic rings. The molecular formula is C13H16O3. The van der Waals surface area contributed by atoms with Crippen molar-refractivity contribution in [2.45, 2.75) is 20.8 Å².